The monoisotopic (exact) mass is 316 g/mol. The second kappa shape index (κ2) is 7.04. The van der Waals surface area contributed by atoms with E-state index in [0.29, 0.717) is 13.1 Å². The van der Waals surface area contributed by atoms with Crippen LogP contribution in [0.15, 0.2) is 36.9 Å². The highest BCUT2D eigenvalue weighted by Gasteiger charge is 2.13. The number of aromatic nitrogens is 2. The first-order chi connectivity index (χ1) is 11.2. The van der Waals surface area contributed by atoms with Crippen LogP contribution < -0.4 is 20.1 Å². The lowest BCUT2D eigenvalue weighted by atomic mass is 10.1. The molecule has 2 aromatic rings. The van der Waals surface area contributed by atoms with Gasteiger partial charge in [-0.3, -0.25) is 0 Å². The molecule has 1 aromatic carbocycles. The van der Waals surface area contributed by atoms with Gasteiger partial charge < -0.3 is 24.7 Å². The second-order valence-corrected chi connectivity index (χ2v) is 5.50. The highest BCUT2D eigenvalue weighted by Crippen LogP contribution is 2.32. The number of benzene rings is 1. The first-order valence-electron chi connectivity index (χ1n) is 7.59. The summed E-state index contributed by atoms with van der Waals surface area (Å²) in [6.07, 6.45) is 6.06. The number of imidazole rings is 1. The fraction of sp³-hybridized carbons (Fsp3) is 0.375. The number of carbonyl (C=O) groups is 1. The van der Waals surface area contributed by atoms with Crippen molar-refractivity contribution in [2.45, 2.75) is 25.9 Å². The molecule has 2 amide bonds. The highest BCUT2D eigenvalue weighted by atomic mass is 16.7. The predicted octanol–water partition coefficient (Wildman–Crippen LogP) is 1.54. The number of urea groups is 1. The smallest absolute Gasteiger partial charge is 0.315 e. The van der Waals surface area contributed by atoms with Crippen LogP contribution in [0.3, 0.4) is 0 Å². The van der Waals surface area contributed by atoms with E-state index in [9.17, 15) is 4.79 Å². The van der Waals surface area contributed by atoms with Gasteiger partial charge in [-0.2, -0.15) is 0 Å². The van der Waals surface area contributed by atoms with Crippen molar-refractivity contribution in [1.82, 2.24) is 20.2 Å². The van der Waals surface area contributed by atoms with Crippen LogP contribution in [0.4, 0.5) is 4.79 Å². The number of ether oxygens (including phenoxy) is 2. The first-order valence-corrected chi connectivity index (χ1v) is 7.59. The summed E-state index contributed by atoms with van der Waals surface area (Å²) in [5, 5.41) is 5.77. The van der Waals surface area contributed by atoms with Crippen molar-refractivity contribution >= 4 is 6.03 Å². The van der Waals surface area contributed by atoms with Crippen LogP contribution in [0, 0.1) is 0 Å². The maximum atomic E-state index is 11.9. The highest BCUT2D eigenvalue weighted by molar-refractivity contribution is 5.74. The second-order valence-electron chi connectivity index (χ2n) is 5.50. The van der Waals surface area contributed by atoms with Gasteiger partial charge in [-0.15, -0.1) is 0 Å². The molecule has 7 nitrogen and oxygen atoms in total. The van der Waals surface area contributed by atoms with Crippen molar-refractivity contribution in [2.75, 3.05) is 13.3 Å². The molecule has 3 rings (SSSR count). The van der Waals surface area contributed by atoms with E-state index < -0.39 is 0 Å². The number of fused-ring (bicyclic) bond motifs is 1. The molecular weight excluding hydrogens is 296 g/mol. The van der Waals surface area contributed by atoms with Crippen LogP contribution in [-0.2, 0) is 13.0 Å². The summed E-state index contributed by atoms with van der Waals surface area (Å²) in [6, 6.07) is 5.68. The summed E-state index contributed by atoms with van der Waals surface area (Å²) in [7, 11) is 0. The molecule has 0 saturated carbocycles. The largest absolute Gasteiger partial charge is 0.454 e. The van der Waals surface area contributed by atoms with Crippen LogP contribution in [0.5, 0.6) is 11.5 Å². The van der Waals surface area contributed by atoms with Gasteiger partial charge in [0, 0.05) is 31.5 Å². The lowest BCUT2D eigenvalue weighted by molar-refractivity contribution is 0.174. The minimum atomic E-state index is -0.168. The van der Waals surface area contributed by atoms with Crippen molar-refractivity contribution in [1.29, 1.82) is 0 Å². The zero-order valence-electron chi connectivity index (χ0n) is 13.0. The van der Waals surface area contributed by atoms with E-state index in [0.717, 1.165) is 23.5 Å². The molecule has 7 heteroatoms. The molecule has 1 aliphatic heterocycles. The zero-order valence-corrected chi connectivity index (χ0v) is 13.0. The maximum absolute atomic E-state index is 11.9. The Hall–Kier alpha value is -2.70. The lowest BCUT2D eigenvalue weighted by Crippen LogP contribution is -2.43. The van der Waals surface area contributed by atoms with Gasteiger partial charge in [0.1, 0.15) is 0 Å². The Kier molecular flexibility index (Phi) is 4.65. The molecule has 1 aromatic heterocycles. The minimum absolute atomic E-state index is 0.0229. The molecule has 0 spiro atoms. The van der Waals surface area contributed by atoms with Gasteiger partial charge in [0.05, 0.1) is 6.33 Å². The Morgan fingerprint density at radius 3 is 3.09 bits per heavy atom. The van der Waals surface area contributed by atoms with E-state index >= 15 is 0 Å². The van der Waals surface area contributed by atoms with Crippen molar-refractivity contribution in [3.8, 4) is 11.5 Å². The van der Waals surface area contributed by atoms with E-state index in [2.05, 4.69) is 15.6 Å². The maximum Gasteiger partial charge on any atom is 0.315 e. The SMILES string of the molecule is C[C@H](Cn1ccnc1)NC(=O)NCCc1ccc2c(c1)OCO2. The molecule has 0 fully saturated rings. The number of rotatable bonds is 6. The molecule has 0 saturated heterocycles. The molecule has 23 heavy (non-hydrogen) atoms. The van der Waals surface area contributed by atoms with Crippen molar-refractivity contribution in [3.63, 3.8) is 0 Å². The summed E-state index contributed by atoms with van der Waals surface area (Å²) in [4.78, 5) is 15.8. The summed E-state index contributed by atoms with van der Waals surface area (Å²) < 4.78 is 12.5. The van der Waals surface area contributed by atoms with E-state index in [1.54, 1.807) is 12.5 Å². The third-order valence-corrected chi connectivity index (χ3v) is 3.56. The summed E-state index contributed by atoms with van der Waals surface area (Å²) in [5.41, 5.74) is 1.10. The molecule has 0 bridgehead atoms. The fourth-order valence-electron chi connectivity index (χ4n) is 2.45. The van der Waals surface area contributed by atoms with Crippen LogP contribution in [0.25, 0.3) is 0 Å². The summed E-state index contributed by atoms with van der Waals surface area (Å²) in [5.74, 6) is 1.54. The van der Waals surface area contributed by atoms with Gasteiger partial charge in [0.2, 0.25) is 6.79 Å². The Bertz CT molecular complexity index is 657. The number of nitrogens with one attached hydrogen (secondary N) is 2. The summed E-state index contributed by atoms with van der Waals surface area (Å²) >= 11 is 0. The topological polar surface area (TPSA) is 77.4 Å². The van der Waals surface area contributed by atoms with E-state index in [1.807, 2.05) is 35.9 Å². The predicted molar refractivity (Wildman–Crippen MR) is 84.5 cm³/mol. The Morgan fingerprint density at radius 2 is 2.26 bits per heavy atom. The number of hydrogen-bond acceptors (Lipinski definition) is 4. The average Bonchev–Trinajstić information content (AvgIpc) is 3.17. The molecule has 2 heterocycles. The van der Waals surface area contributed by atoms with Gasteiger partial charge in [-0.25, -0.2) is 9.78 Å². The third-order valence-electron chi connectivity index (χ3n) is 3.56. The molecule has 1 atom stereocenters. The van der Waals surface area contributed by atoms with Gasteiger partial charge in [-0.1, -0.05) is 6.07 Å². The Morgan fingerprint density at radius 1 is 1.39 bits per heavy atom. The molecule has 2 N–H and O–H groups in total. The summed E-state index contributed by atoms with van der Waals surface area (Å²) in [6.45, 7) is 3.48. The fourth-order valence-corrected chi connectivity index (χ4v) is 2.45. The van der Waals surface area contributed by atoms with Crippen molar-refractivity contribution in [2.24, 2.45) is 0 Å². The Labute approximate surface area is 134 Å². The molecule has 1 aliphatic rings. The zero-order chi connectivity index (χ0) is 16.1. The molecule has 0 aliphatic carbocycles. The lowest BCUT2D eigenvalue weighted by Gasteiger charge is -2.15. The van der Waals surface area contributed by atoms with Gasteiger partial charge in [0.25, 0.3) is 0 Å². The normalized spacial score (nSPS) is 13.6. The number of nitrogens with zero attached hydrogens (tertiary/aromatic N) is 2. The van der Waals surface area contributed by atoms with E-state index in [1.165, 1.54) is 0 Å². The van der Waals surface area contributed by atoms with Gasteiger partial charge in [0.15, 0.2) is 11.5 Å². The van der Waals surface area contributed by atoms with Crippen LogP contribution in [0.2, 0.25) is 0 Å². The van der Waals surface area contributed by atoms with Crippen LogP contribution in [-0.4, -0.2) is 35.0 Å². The van der Waals surface area contributed by atoms with E-state index in [-0.39, 0.29) is 18.9 Å². The van der Waals surface area contributed by atoms with Gasteiger partial charge >= 0.3 is 6.03 Å². The van der Waals surface area contributed by atoms with Crippen LogP contribution >= 0.6 is 0 Å². The number of carbonyl (C=O) groups excluding carboxylic acids is 1. The van der Waals surface area contributed by atoms with Crippen molar-refractivity contribution in [3.05, 3.63) is 42.5 Å². The minimum Gasteiger partial charge on any atom is -0.454 e. The number of amides is 2. The Balaban J connectivity index is 1.39. The van der Waals surface area contributed by atoms with Gasteiger partial charge in [-0.05, 0) is 31.0 Å². The van der Waals surface area contributed by atoms with Crippen molar-refractivity contribution < 1.29 is 14.3 Å². The first kappa shape index (κ1) is 15.2. The molecule has 0 unspecified atom stereocenters. The standard InChI is InChI=1S/C16H20N4O3/c1-12(9-20-7-6-17-10-20)19-16(21)18-5-4-13-2-3-14-15(8-13)23-11-22-14/h2-3,6-8,10,12H,4-5,9,11H2,1H3,(H2,18,19,21)/t12-/m1/s1. The number of hydrogen-bond donors (Lipinski definition) is 2. The quantitative estimate of drug-likeness (QED) is 0.847. The van der Waals surface area contributed by atoms with Crippen LogP contribution in [0.1, 0.15) is 12.5 Å². The molecule has 0 radical (unpaired) electrons. The van der Waals surface area contributed by atoms with E-state index in [4.69, 9.17) is 9.47 Å². The molecular formula is C16H20N4O3. The molecule has 122 valence electrons. The third kappa shape index (κ3) is 4.15. The average molecular weight is 316 g/mol.